The van der Waals surface area contributed by atoms with Gasteiger partial charge < -0.3 is 4.90 Å². The quantitative estimate of drug-likeness (QED) is 0.690. The van der Waals surface area contributed by atoms with Gasteiger partial charge in [0.05, 0.1) is 11.4 Å². The van der Waals surface area contributed by atoms with Crippen LogP contribution in [0.4, 0.5) is 10.1 Å². The number of hydrogen-bond acceptors (Lipinski definition) is 3. The molecule has 1 aliphatic rings. The van der Waals surface area contributed by atoms with Crippen LogP contribution in [0.2, 0.25) is 0 Å². The van der Waals surface area contributed by atoms with Crippen LogP contribution in [-0.2, 0) is 16.6 Å². The van der Waals surface area contributed by atoms with Gasteiger partial charge in [0.1, 0.15) is 5.82 Å². The van der Waals surface area contributed by atoms with Crippen molar-refractivity contribution in [2.75, 3.05) is 23.1 Å². The van der Waals surface area contributed by atoms with Crippen LogP contribution >= 0.6 is 15.9 Å². The summed E-state index contributed by atoms with van der Waals surface area (Å²) in [7, 11) is -3.31. The molecular weight excluding hydrogens is 435 g/mol. The van der Waals surface area contributed by atoms with E-state index in [4.69, 9.17) is 0 Å². The van der Waals surface area contributed by atoms with E-state index < -0.39 is 10.0 Å². The first-order valence-corrected chi connectivity index (χ1v) is 11.1. The Morgan fingerprint density at radius 2 is 2.04 bits per heavy atom. The molecular formula is C19H20BrFN2O3S. The number of amides is 1. The highest BCUT2D eigenvalue weighted by Gasteiger charge is 2.29. The third-order valence-electron chi connectivity index (χ3n) is 4.52. The van der Waals surface area contributed by atoms with Crippen molar-refractivity contribution in [2.45, 2.75) is 19.9 Å². The van der Waals surface area contributed by atoms with E-state index in [1.165, 1.54) is 15.3 Å². The predicted octanol–water partition coefficient (Wildman–Crippen LogP) is 3.79. The number of benzene rings is 2. The minimum absolute atomic E-state index is 0.119. The number of sulfonamides is 1. The fraction of sp³-hybridized carbons (Fsp3) is 0.316. The Bertz CT molecular complexity index is 965. The summed E-state index contributed by atoms with van der Waals surface area (Å²) < 4.78 is 40.4. The van der Waals surface area contributed by atoms with Gasteiger partial charge in [0.15, 0.2) is 0 Å². The van der Waals surface area contributed by atoms with Gasteiger partial charge in [-0.2, -0.15) is 0 Å². The Hall–Kier alpha value is -1.93. The number of anilines is 1. The minimum Gasteiger partial charge on any atom is -0.334 e. The highest BCUT2D eigenvalue weighted by atomic mass is 79.9. The zero-order valence-electron chi connectivity index (χ0n) is 14.9. The molecule has 0 N–H and O–H groups in total. The van der Waals surface area contributed by atoms with Crippen molar-refractivity contribution in [3.63, 3.8) is 0 Å². The molecule has 3 rings (SSSR count). The number of halogens is 2. The fourth-order valence-corrected chi connectivity index (χ4v) is 5.07. The maximum absolute atomic E-state index is 14.1. The van der Waals surface area contributed by atoms with Crippen LogP contribution in [-0.4, -0.2) is 38.1 Å². The van der Waals surface area contributed by atoms with Gasteiger partial charge >= 0.3 is 0 Å². The summed E-state index contributed by atoms with van der Waals surface area (Å²) in [5, 5.41) is 0. The molecule has 1 amide bonds. The summed E-state index contributed by atoms with van der Waals surface area (Å²) in [5.74, 6) is -0.522. The van der Waals surface area contributed by atoms with Gasteiger partial charge in [0.2, 0.25) is 10.0 Å². The Balaban J connectivity index is 1.85. The molecule has 1 saturated heterocycles. The van der Waals surface area contributed by atoms with E-state index in [1.54, 1.807) is 36.4 Å². The summed E-state index contributed by atoms with van der Waals surface area (Å²) >= 11 is 3.32. The zero-order chi connectivity index (χ0) is 19.6. The number of carbonyl (C=O) groups is 1. The molecule has 0 aromatic heterocycles. The molecule has 0 spiro atoms. The Morgan fingerprint density at radius 3 is 2.70 bits per heavy atom. The summed E-state index contributed by atoms with van der Waals surface area (Å²) in [5.41, 5.74) is 1.28. The largest absolute Gasteiger partial charge is 0.334 e. The summed E-state index contributed by atoms with van der Waals surface area (Å²) in [6, 6.07) is 11.2. The van der Waals surface area contributed by atoms with Crippen LogP contribution in [0.5, 0.6) is 0 Å². The van der Waals surface area contributed by atoms with Crippen molar-refractivity contribution in [2.24, 2.45) is 0 Å². The highest BCUT2D eigenvalue weighted by molar-refractivity contribution is 9.10. The van der Waals surface area contributed by atoms with Gasteiger partial charge in [-0.25, -0.2) is 12.8 Å². The van der Waals surface area contributed by atoms with Crippen LogP contribution in [0.1, 0.15) is 29.3 Å². The predicted molar refractivity (Wildman–Crippen MR) is 107 cm³/mol. The highest BCUT2D eigenvalue weighted by Crippen LogP contribution is 2.25. The number of carbonyl (C=O) groups excluding carboxylic acids is 1. The van der Waals surface area contributed by atoms with Crippen molar-refractivity contribution < 1.29 is 17.6 Å². The van der Waals surface area contributed by atoms with Gasteiger partial charge in [0, 0.05) is 35.2 Å². The van der Waals surface area contributed by atoms with Gasteiger partial charge in [0.25, 0.3) is 5.91 Å². The minimum atomic E-state index is -3.31. The molecule has 0 aliphatic carbocycles. The lowest BCUT2D eigenvalue weighted by molar-refractivity contribution is 0.0751. The van der Waals surface area contributed by atoms with Gasteiger partial charge in [-0.3, -0.25) is 9.10 Å². The molecule has 0 radical (unpaired) electrons. The van der Waals surface area contributed by atoms with E-state index in [1.807, 2.05) is 6.92 Å². The molecule has 8 heteroatoms. The molecule has 5 nitrogen and oxygen atoms in total. The number of rotatable bonds is 5. The van der Waals surface area contributed by atoms with E-state index in [0.717, 1.165) is 4.47 Å². The lowest BCUT2D eigenvalue weighted by atomic mass is 10.1. The average molecular weight is 455 g/mol. The molecule has 2 aromatic rings. The van der Waals surface area contributed by atoms with Crippen molar-refractivity contribution in [3.8, 4) is 0 Å². The second kappa shape index (κ2) is 7.98. The van der Waals surface area contributed by atoms with E-state index >= 15 is 0 Å². The summed E-state index contributed by atoms with van der Waals surface area (Å²) in [4.78, 5) is 14.5. The standard InChI is InChI=1S/C19H20BrFN2O3S/c1-2-22(13-15-11-16(20)7-8-18(15)21)19(24)14-5-3-6-17(12-14)23-9-4-10-27(23,25)26/h3,5-8,11-12H,2,4,9-10,13H2,1H3. The normalized spacial score (nSPS) is 15.7. The van der Waals surface area contributed by atoms with Crippen molar-refractivity contribution >= 4 is 37.5 Å². The third kappa shape index (κ3) is 4.32. The molecule has 144 valence electrons. The van der Waals surface area contributed by atoms with Gasteiger partial charge in [-0.15, -0.1) is 0 Å². The van der Waals surface area contributed by atoms with Crippen LogP contribution in [0.3, 0.4) is 0 Å². The van der Waals surface area contributed by atoms with Crippen LogP contribution in [0, 0.1) is 5.82 Å². The Kier molecular flexibility index (Phi) is 5.86. The first-order chi connectivity index (χ1) is 12.8. The SMILES string of the molecule is CCN(Cc1cc(Br)ccc1F)C(=O)c1cccc(N2CCCS2(=O)=O)c1. The summed E-state index contributed by atoms with van der Waals surface area (Å²) in [6.07, 6.45) is 0.573. The van der Waals surface area contributed by atoms with Crippen molar-refractivity contribution in [1.29, 1.82) is 0 Å². The number of hydrogen-bond donors (Lipinski definition) is 0. The zero-order valence-corrected chi connectivity index (χ0v) is 17.3. The lowest BCUT2D eigenvalue weighted by Gasteiger charge is -2.23. The summed E-state index contributed by atoms with van der Waals surface area (Å²) in [6.45, 7) is 2.77. The van der Waals surface area contributed by atoms with Crippen molar-refractivity contribution in [1.82, 2.24) is 4.90 Å². The molecule has 1 aliphatic heterocycles. The van der Waals surface area contributed by atoms with Crippen LogP contribution < -0.4 is 4.31 Å². The van der Waals surface area contributed by atoms with E-state index in [2.05, 4.69) is 15.9 Å². The van der Waals surface area contributed by atoms with Crippen molar-refractivity contribution in [3.05, 3.63) is 63.9 Å². The van der Waals surface area contributed by atoms with Gasteiger partial charge in [-0.1, -0.05) is 22.0 Å². The molecule has 0 atom stereocenters. The number of nitrogens with zero attached hydrogens (tertiary/aromatic N) is 2. The fourth-order valence-electron chi connectivity index (χ4n) is 3.10. The van der Waals surface area contributed by atoms with Gasteiger partial charge in [-0.05, 0) is 49.7 Å². The van der Waals surface area contributed by atoms with E-state index in [-0.39, 0.29) is 24.0 Å². The second-order valence-corrected chi connectivity index (χ2v) is 9.28. The van der Waals surface area contributed by atoms with E-state index in [9.17, 15) is 17.6 Å². The molecule has 0 bridgehead atoms. The maximum Gasteiger partial charge on any atom is 0.254 e. The maximum atomic E-state index is 14.1. The topological polar surface area (TPSA) is 57.7 Å². The molecule has 1 fully saturated rings. The van der Waals surface area contributed by atoms with Crippen LogP contribution in [0.15, 0.2) is 46.9 Å². The molecule has 2 aromatic carbocycles. The first kappa shape index (κ1) is 19.8. The molecule has 27 heavy (non-hydrogen) atoms. The lowest BCUT2D eigenvalue weighted by Crippen LogP contribution is -2.31. The molecule has 0 saturated carbocycles. The molecule has 0 unspecified atom stereocenters. The third-order valence-corrected chi connectivity index (χ3v) is 6.88. The second-order valence-electron chi connectivity index (χ2n) is 6.35. The smallest absolute Gasteiger partial charge is 0.254 e. The molecule has 1 heterocycles. The average Bonchev–Trinajstić information content (AvgIpc) is 3.01. The van der Waals surface area contributed by atoms with E-state index in [0.29, 0.717) is 36.3 Å². The Labute approximate surface area is 167 Å². The Morgan fingerprint density at radius 1 is 1.26 bits per heavy atom. The van der Waals surface area contributed by atoms with Crippen LogP contribution in [0.25, 0.3) is 0 Å². The monoisotopic (exact) mass is 454 g/mol. The first-order valence-electron chi connectivity index (χ1n) is 8.65.